The van der Waals surface area contributed by atoms with E-state index in [2.05, 4.69) is 5.32 Å². The van der Waals surface area contributed by atoms with Crippen LogP contribution in [0.1, 0.15) is 32.8 Å². The summed E-state index contributed by atoms with van der Waals surface area (Å²) >= 11 is 0. The van der Waals surface area contributed by atoms with Crippen LogP contribution >= 0.6 is 0 Å². The quantitative estimate of drug-likeness (QED) is 0.886. The Bertz CT molecular complexity index is 634. The minimum atomic E-state index is -1.09. The van der Waals surface area contributed by atoms with Gasteiger partial charge in [0, 0.05) is 11.1 Å². The molecule has 0 saturated heterocycles. The first-order valence-electron chi connectivity index (χ1n) is 7.62. The molecule has 23 heavy (non-hydrogen) atoms. The van der Waals surface area contributed by atoms with Crippen molar-refractivity contribution in [2.75, 3.05) is 11.4 Å². The summed E-state index contributed by atoms with van der Waals surface area (Å²) in [5.74, 6) is -1.69. The number of hydrogen-bond acceptors (Lipinski definition) is 3. The molecule has 2 amide bonds. The first-order valence-corrected chi connectivity index (χ1v) is 7.62. The molecule has 0 saturated carbocycles. The SMILES string of the molecule is CC(C)(C)C(=O)NC1CCc2ccccc2N(CC(=O)O)C1=O. The molecule has 0 spiro atoms. The highest BCUT2D eigenvalue weighted by molar-refractivity contribution is 6.03. The van der Waals surface area contributed by atoms with Crippen LogP contribution in [0.2, 0.25) is 0 Å². The van der Waals surface area contributed by atoms with Crippen molar-refractivity contribution in [3.05, 3.63) is 29.8 Å². The molecule has 2 N–H and O–H groups in total. The average Bonchev–Trinajstić information content (AvgIpc) is 2.58. The van der Waals surface area contributed by atoms with Gasteiger partial charge in [-0.15, -0.1) is 0 Å². The summed E-state index contributed by atoms with van der Waals surface area (Å²) in [5.41, 5.74) is 0.902. The Kier molecular flexibility index (Phi) is 4.73. The topological polar surface area (TPSA) is 86.7 Å². The maximum Gasteiger partial charge on any atom is 0.323 e. The summed E-state index contributed by atoms with van der Waals surface area (Å²) < 4.78 is 0. The zero-order chi connectivity index (χ0) is 17.2. The number of aliphatic carboxylic acids is 1. The van der Waals surface area contributed by atoms with E-state index in [1.165, 1.54) is 4.90 Å². The van der Waals surface area contributed by atoms with Crippen LogP contribution < -0.4 is 10.2 Å². The third-order valence-electron chi connectivity index (χ3n) is 3.83. The molecule has 0 radical (unpaired) electrons. The molecule has 1 aromatic rings. The second-order valence-corrected chi connectivity index (χ2v) is 6.76. The molecule has 0 aromatic heterocycles. The van der Waals surface area contributed by atoms with Crippen molar-refractivity contribution < 1.29 is 19.5 Å². The van der Waals surface area contributed by atoms with Gasteiger partial charge in [-0.1, -0.05) is 39.0 Å². The molecule has 0 bridgehead atoms. The number of carbonyl (C=O) groups is 3. The Balaban J connectivity index is 2.31. The first-order chi connectivity index (χ1) is 10.7. The summed E-state index contributed by atoms with van der Waals surface area (Å²) in [5, 5.41) is 11.9. The number of carbonyl (C=O) groups excluding carboxylic acids is 2. The normalized spacial score (nSPS) is 18.1. The van der Waals surface area contributed by atoms with Crippen molar-refractivity contribution in [2.24, 2.45) is 5.41 Å². The van der Waals surface area contributed by atoms with Gasteiger partial charge in [-0.2, -0.15) is 0 Å². The van der Waals surface area contributed by atoms with Gasteiger partial charge in [-0.3, -0.25) is 19.3 Å². The zero-order valence-electron chi connectivity index (χ0n) is 13.6. The van der Waals surface area contributed by atoms with Gasteiger partial charge in [0.1, 0.15) is 12.6 Å². The molecule has 1 atom stereocenters. The van der Waals surface area contributed by atoms with Crippen molar-refractivity contribution in [1.29, 1.82) is 0 Å². The van der Waals surface area contributed by atoms with Crippen LogP contribution in [0.5, 0.6) is 0 Å². The van der Waals surface area contributed by atoms with E-state index in [1.807, 2.05) is 12.1 Å². The molecular formula is C17H22N2O4. The molecule has 1 aliphatic rings. The number of nitrogens with one attached hydrogen (secondary N) is 1. The number of carboxylic acid groups (broad SMARTS) is 1. The van der Waals surface area contributed by atoms with E-state index in [4.69, 9.17) is 5.11 Å². The highest BCUT2D eigenvalue weighted by Crippen LogP contribution is 2.27. The molecule has 0 fully saturated rings. The lowest BCUT2D eigenvalue weighted by atomic mass is 9.94. The summed E-state index contributed by atoms with van der Waals surface area (Å²) in [4.78, 5) is 37.3. The first kappa shape index (κ1) is 17.0. The largest absolute Gasteiger partial charge is 0.480 e. The lowest BCUT2D eigenvalue weighted by Gasteiger charge is -2.27. The Morgan fingerprint density at radius 2 is 1.96 bits per heavy atom. The van der Waals surface area contributed by atoms with Crippen LogP contribution in [0, 0.1) is 5.41 Å². The maximum atomic E-state index is 12.8. The van der Waals surface area contributed by atoms with Gasteiger partial charge >= 0.3 is 5.97 Å². The number of rotatable bonds is 3. The number of aryl methyl sites for hydroxylation is 1. The van der Waals surface area contributed by atoms with Gasteiger partial charge < -0.3 is 10.4 Å². The predicted octanol–water partition coefficient (Wildman–Crippen LogP) is 1.58. The molecule has 6 nitrogen and oxygen atoms in total. The minimum absolute atomic E-state index is 0.225. The van der Waals surface area contributed by atoms with E-state index in [9.17, 15) is 14.4 Å². The van der Waals surface area contributed by atoms with Crippen LogP contribution in [-0.2, 0) is 20.8 Å². The Hall–Kier alpha value is -2.37. The van der Waals surface area contributed by atoms with Crippen molar-refractivity contribution in [1.82, 2.24) is 5.32 Å². The highest BCUT2D eigenvalue weighted by Gasteiger charge is 2.34. The standard InChI is InChI=1S/C17H22N2O4/c1-17(2,3)16(23)18-12-9-8-11-6-4-5-7-13(11)19(15(12)22)10-14(20)21/h4-7,12H,8-10H2,1-3H3,(H,18,23)(H,20,21). The van der Waals surface area contributed by atoms with Gasteiger partial charge in [0.05, 0.1) is 0 Å². The van der Waals surface area contributed by atoms with Crippen molar-refractivity contribution in [3.63, 3.8) is 0 Å². The summed E-state index contributed by atoms with van der Waals surface area (Å²) in [6.07, 6.45) is 1.06. The van der Waals surface area contributed by atoms with Crippen molar-refractivity contribution >= 4 is 23.5 Å². The van der Waals surface area contributed by atoms with E-state index >= 15 is 0 Å². The number of fused-ring (bicyclic) bond motifs is 1. The molecule has 1 heterocycles. The van der Waals surface area contributed by atoms with E-state index in [-0.39, 0.29) is 11.8 Å². The number of hydrogen-bond donors (Lipinski definition) is 2. The Morgan fingerprint density at radius 3 is 2.57 bits per heavy atom. The zero-order valence-corrected chi connectivity index (χ0v) is 13.6. The van der Waals surface area contributed by atoms with Crippen LogP contribution in [-0.4, -0.2) is 35.5 Å². The second kappa shape index (κ2) is 6.40. The second-order valence-electron chi connectivity index (χ2n) is 6.76. The molecule has 0 aliphatic carbocycles. The van der Waals surface area contributed by atoms with Gasteiger partial charge in [0.15, 0.2) is 0 Å². The number of amides is 2. The van der Waals surface area contributed by atoms with Gasteiger partial charge in [0.25, 0.3) is 0 Å². The number of carboxylic acids is 1. The predicted molar refractivity (Wildman–Crippen MR) is 86.1 cm³/mol. The van der Waals surface area contributed by atoms with Gasteiger partial charge in [0.2, 0.25) is 11.8 Å². The summed E-state index contributed by atoms with van der Waals surface area (Å²) in [6.45, 7) is 4.89. The molecule has 124 valence electrons. The number of anilines is 1. The minimum Gasteiger partial charge on any atom is -0.480 e. The van der Waals surface area contributed by atoms with Crippen LogP contribution in [0.25, 0.3) is 0 Å². The van der Waals surface area contributed by atoms with Crippen LogP contribution in [0.4, 0.5) is 5.69 Å². The fourth-order valence-electron chi connectivity index (χ4n) is 2.52. The number of nitrogens with zero attached hydrogens (tertiary/aromatic N) is 1. The fraction of sp³-hybridized carbons (Fsp3) is 0.471. The Morgan fingerprint density at radius 1 is 1.30 bits per heavy atom. The average molecular weight is 318 g/mol. The van der Waals surface area contributed by atoms with Crippen molar-refractivity contribution in [2.45, 2.75) is 39.7 Å². The maximum absolute atomic E-state index is 12.8. The Labute approximate surface area is 135 Å². The monoisotopic (exact) mass is 318 g/mol. The lowest BCUT2D eigenvalue weighted by Crippen LogP contribution is -2.51. The van der Waals surface area contributed by atoms with Crippen molar-refractivity contribution in [3.8, 4) is 0 Å². The smallest absolute Gasteiger partial charge is 0.323 e. The van der Waals surface area contributed by atoms with Crippen LogP contribution in [0.3, 0.4) is 0 Å². The highest BCUT2D eigenvalue weighted by atomic mass is 16.4. The molecule has 1 aromatic carbocycles. The lowest BCUT2D eigenvalue weighted by molar-refractivity contribution is -0.137. The third kappa shape index (κ3) is 3.88. The molecule has 1 aliphatic heterocycles. The number of benzene rings is 1. The molecular weight excluding hydrogens is 296 g/mol. The number of para-hydroxylation sites is 1. The third-order valence-corrected chi connectivity index (χ3v) is 3.83. The van der Waals surface area contributed by atoms with E-state index < -0.39 is 24.0 Å². The fourth-order valence-corrected chi connectivity index (χ4v) is 2.52. The van der Waals surface area contributed by atoms with E-state index in [1.54, 1.807) is 32.9 Å². The van der Waals surface area contributed by atoms with E-state index in [0.717, 1.165) is 5.56 Å². The molecule has 1 unspecified atom stereocenters. The molecule has 2 rings (SSSR count). The summed E-state index contributed by atoms with van der Waals surface area (Å²) in [7, 11) is 0. The summed E-state index contributed by atoms with van der Waals surface area (Å²) in [6, 6.07) is 6.54. The van der Waals surface area contributed by atoms with E-state index in [0.29, 0.717) is 18.5 Å². The van der Waals surface area contributed by atoms with Gasteiger partial charge in [-0.25, -0.2) is 0 Å². The van der Waals surface area contributed by atoms with Gasteiger partial charge in [-0.05, 0) is 24.5 Å². The molecule has 6 heteroatoms. The van der Waals surface area contributed by atoms with Crippen LogP contribution in [0.15, 0.2) is 24.3 Å².